The molecule has 0 bridgehead atoms. The van der Waals surface area contributed by atoms with Gasteiger partial charge < -0.3 is 20.3 Å². The van der Waals surface area contributed by atoms with Gasteiger partial charge in [-0.05, 0) is 54.6 Å². The highest BCUT2D eigenvalue weighted by molar-refractivity contribution is 6.11. The van der Waals surface area contributed by atoms with Gasteiger partial charge in [0.2, 0.25) is 0 Å². The number of rotatable bonds is 6. The van der Waals surface area contributed by atoms with Crippen LogP contribution < -0.4 is 10.1 Å². The zero-order valence-electron chi connectivity index (χ0n) is 20.4. The number of pyridine rings is 1. The Bertz CT molecular complexity index is 1520. The number of carbonyl (C=O) groups excluding carboxylic acids is 2. The van der Waals surface area contributed by atoms with Crippen LogP contribution in [0.3, 0.4) is 0 Å². The molecule has 1 aliphatic heterocycles. The molecule has 0 spiro atoms. The van der Waals surface area contributed by atoms with Gasteiger partial charge in [0.1, 0.15) is 17.2 Å². The number of carbonyl (C=O) groups is 2. The predicted molar refractivity (Wildman–Crippen MR) is 142 cm³/mol. The highest BCUT2D eigenvalue weighted by Crippen LogP contribution is 2.37. The standard InChI is InChI=1S/C29H24N4O5/c1-38-27-13-12-21(34)15-23(27)28(36)18-8-10-20(11-9-18)31-29(37)33-25(22-6-2-3-7-26(22)35)16-24(32-33)19-5-4-14-30-17-19/h2-15,17,25,34-35H,16H2,1H3,(H,31,37). The van der Waals surface area contributed by atoms with Gasteiger partial charge in [-0.1, -0.05) is 24.3 Å². The third kappa shape index (κ3) is 4.90. The number of methoxy groups -OCH3 is 1. The van der Waals surface area contributed by atoms with Gasteiger partial charge in [0, 0.05) is 41.2 Å². The average Bonchev–Trinajstić information content (AvgIpc) is 3.39. The lowest BCUT2D eigenvalue weighted by Gasteiger charge is -2.23. The molecule has 1 aromatic heterocycles. The van der Waals surface area contributed by atoms with Gasteiger partial charge in [0.05, 0.1) is 24.4 Å². The minimum atomic E-state index is -0.523. The summed E-state index contributed by atoms with van der Waals surface area (Å²) in [5, 5.41) is 29.0. The molecule has 2 amide bonds. The molecule has 38 heavy (non-hydrogen) atoms. The Labute approximate surface area is 218 Å². The summed E-state index contributed by atoms with van der Waals surface area (Å²) in [6.07, 6.45) is 3.74. The number of anilines is 1. The fraction of sp³-hybridized carbons (Fsp3) is 0.103. The molecule has 0 saturated heterocycles. The number of ketones is 1. The van der Waals surface area contributed by atoms with Gasteiger partial charge in [-0.25, -0.2) is 9.80 Å². The average molecular weight is 509 g/mol. The fourth-order valence-corrected chi connectivity index (χ4v) is 4.33. The van der Waals surface area contributed by atoms with Crippen LogP contribution in [0.1, 0.15) is 39.5 Å². The van der Waals surface area contributed by atoms with Crippen molar-refractivity contribution < 1.29 is 24.5 Å². The second kappa shape index (κ2) is 10.4. The van der Waals surface area contributed by atoms with E-state index in [1.807, 2.05) is 6.07 Å². The molecule has 5 rings (SSSR count). The molecule has 1 atom stereocenters. The Morgan fingerprint density at radius 3 is 2.50 bits per heavy atom. The number of benzene rings is 3. The van der Waals surface area contributed by atoms with E-state index in [0.717, 1.165) is 5.56 Å². The number of para-hydroxylation sites is 1. The molecule has 0 radical (unpaired) electrons. The molecule has 9 nitrogen and oxygen atoms in total. The first kappa shape index (κ1) is 24.5. The van der Waals surface area contributed by atoms with Crippen molar-refractivity contribution in [3.8, 4) is 17.2 Å². The van der Waals surface area contributed by atoms with Crippen molar-refractivity contribution in [3.05, 3.63) is 114 Å². The summed E-state index contributed by atoms with van der Waals surface area (Å²) in [5.74, 6) is 0.0363. The number of urea groups is 1. The zero-order valence-corrected chi connectivity index (χ0v) is 20.4. The van der Waals surface area contributed by atoms with Crippen LogP contribution in [0.5, 0.6) is 17.2 Å². The van der Waals surface area contributed by atoms with Crippen molar-refractivity contribution in [1.29, 1.82) is 0 Å². The number of hydrogen-bond donors (Lipinski definition) is 3. The van der Waals surface area contributed by atoms with E-state index in [1.54, 1.807) is 67.0 Å². The van der Waals surface area contributed by atoms with Gasteiger partial charge in [0.25, 0.3) is 0 Å². The molecule has 3 aromatic carbocycles. The number of hydrazone groups is 1. The highest BCUT2D eigenvalue weighted by atomic mass is 16.5. The molecule has 0 fully saturated rings. The second-order valence-corrected chi connectivity index (χ2v) is 8.63. The van der Waals surface area contributed by atoms with Gasteiger partial charge in [-0.15, -0.1) is 0 Å². The Morgan fingerprint density at radius 2 is 1.79 bits per heavy atom. The Kier molecular flexibility index (Phi) is 6.73. The SMILES string of the molecule is COc1ccc(O)cc1C(=O)c1ccc(NC(=O)N2N=C(c3cccnc3)CC2c2ccccc2O)cc1. The molecule has 1 unspecified atom stereocenters. The molecule has 3 N–H and O–H groups in total. The molecule has 0 saturated carbocycles. The summed E-state index contributed by atoms with van der Waals surface area (Å²) in [6, 6.07) is 20.2. The fourth-order valence-electron chi connectivity index (χ4n) is 4.33. The van der Waals surface area contributed by atoms with Crippen LogP contribution in [0.25, 0.3) is 0 Å². The van der Waals surface area contributed by atoms with E-state index in [0.29, 0.717) is 34.7 Å². The number of nitrogens with one attached hydrogen (secondary N) is 1. The number of amides is 2. The molecular formula is C29H24N4O5. The Hall–Kier alpha value is -5.18. The second-order valence-electron chi connectivity index (χ2n) is 8.63. The quantitative estimate of drug-likeness (QED) is 0.311. The molecule has 190 valence electrons. The largest absolute Gasteiger partial charge is 0.508 e. The summed E-state index contributed by atoms with van der Waals surface area (Å²) < 4.78 is 5.24. The summed E-state index contributed by atoms with van der Waals surface area (Å²) >= 11 is 0. The normalized spacial score (nSPS) is 14.6. The minimum absolute atomic E-state index is 0.0474. The molecule has 4 aromatic rings. The number of phenols is 2. The summed E-state index contributed by atoms with van der Waals surface area (Å²) in [4.78, 5) is 30.5. The van der Waals surface area contributed by atoms with Crippen molar-refractivity contribution in [2.24, 2.45) is 5.10 Å². The van der Waals surface area contributed by atoms with Crippen LogP contribution in [0, 0.1) is 0 Å². The van der Waals surface area contributed by atoms with Crippen molar-refractivity contribution >= 4 is 23.2 Å². The van der Waals surface area contributed by atoms with Crippen LogP contribution in [-0.2, 0) is 0 Å². The van der Waals surface area contributed by atoms with Gasteiger partial charge in [0.15, 0.2) is 5.78 Å². The number of aromatic hydroxyl groups is 2. The van der Waals surface area contributed by atoms with Gasteiger partial charge in [-0.2, -0.15) is 5.10 Å². The van der Waals surface area contributed by atoms with Crippen LogP contribution in [0.4, 0.5) is 10.5 Å². The van der Waals surface area contributed by atoms with Gasteiger partial charge in [-0.3, -0.25) is 9.78 Å². The Balaban J connectivity index is 1.38. The first-order valence-corrected chi connectivity index (χ1v) is 11.8. The van der Waals surface area contributed by atoms with E-state index in [-0.39, 0.29) is 22.8 Å². The van der Waals surface area contributed by atoms with Crippen molar-refractivity contribution in [1.82, 2.24) is 9.99 Å². The van der Waals surface area contributed by atoms with E-state index in [4.69, 9.17) is 4.74 Å². The summed E-state index contributed by atoms with van der Waals surface area (Å²) in [6.45, 7) is 0. The lowest BCUT2D eigenvalue weighted by molar-refractivity contribution is 0.103. The predicted octanol–water partition coefficient (Wildman–Crippen LogP) is 5.12. The van der Waals surface area contributed by atoms with Crippen molar-refractivity contribution in [3.63, 3.8) is 0 Å². The first-order chi connectivity index (χ1) is 18.4. The highest BCUT2D eigenvalue weighted by Gasteiger charge is 2.34. The van der Waals surface area contributed by atoms with Crippen molar-refractivity contribution in [2.45, 2.75) is 12.5 Å². The molecule has 1 aliphatic rings. The van der Waals surface area contributed by atoms with Crippen LogP contribution >= 0.6 is 0 Å². The maximum absolute atomic E-state index is 13.3. The number of nitrogens with zero attached hydrogens (tertiary/aromatic N) is 3. The monoisotopic (exact) mass is 508 g/mol. The number of phenolic OH excluding ortho intramolecular Hbond substituents is 2. The lowest BCUT2D eigenvalue weighted by atomic mass is 9.98. The summed E-state index contributed by atoms with van der Waals surface area (Å²) in [7, 11) is 1.45. The maximum atomic E-state index is 13.3. The summed E-state index contributed by atoms with van der Waals surface area (Å²) in [5.41, 5.74) is 3.07. The third-order valence-electron chi connectivity index (χ3n) is 6.24. The van der Waals surface area contributed by atoms with Crippen LogP contribution in [-0.4, -0.2) is 44.8 Å². The van der Waals surface area contributed by atoms with E-state index in [1.165, 1.54) is 30.3 Å². The minimum Gasteiger partial charge on any atom is -0.508 e. The zero-order chi connectivity index (χ0) is 26.6. The number of hydrogen-bond acceptors (Lipinski definition) is 7. The third-order valence-corrected chi connectivity index (χ3v) is 6.24. The topological polar surface area (TPSA) is 124 Å². The van der Waals surface area contributed by atoms with E-state index in [9.17, 15) is 19.8 Å². The Morgan fingerprint density at radius 1 is 1.00 bits per heavy atom. The van der Waals surface area contributed by atoms with Crippen LogP contribution in [0.2, 0.25) is 0 Å². The first-order valence-electron chi connectivity index (χ1n) is 11.8. The maximum Gasteiger partial charge on any atom is 0.342 e. The molecular weight excluding hydrogens is 484 g/mol. The molecule has 9 heteroatoms. The van der Waals surface area contributed by atoms with E-state index in [2.05, 4.69) is 15.4 Å². The van der Waals surface area contributed by atoms with Gasteiger partial charge >= 0.3 is 6.03 Å². The van der Waals surface area contributed by atoms with E-state index < -0.39 is 12.1 Å². The number of aromatic nitrogens is 1. The lowest BCUT2D eigenvalue weighted by Crippen LogP contribution is -2.31. The smallest absolute Gasteiger partial charge is 0.342 e. The van der Waals surface area contributed by atoms with Crippen LogP contribution in [0.15, 0.2) is 96.4 Å². The molecule has 0 aliphatic carbocycles. The molecule has 2 heterocycles. The number of ether oxygens (including phenoxy) is 1. The van der Waals surface area contributed by atoms with Crippen molar-refractivity contribution in [2.75, 3.05) is 12.4 Å². The van der Waals surface area contributed by atoms with E-state index >= 15 is 0 Å².